The molecule has 3 aromatic rings. The van der Waals surface area contributed by atoms with Crippen molar-refractivity contribution in [2.24, 2.45) is 0 Å². The highest BCUT2D eigenvalue weighted by atomic mass is 79.9. The normalized spacial score (nSPS) is 13.0. The van der Waals surface area contributed by atoms with Crippen LogP contribution in [0.5, 0.6) is 0 Å². The van der Waals surface area contributed by atoms with Crippen LogP contribution in [0.3, 0.4) is 0 Å². The van der Waals surface area contributed by atoms with E-state index in [0.717, 1.165) is 14.9 Å². The highest BCUT2D eigenvalue weighted by molar-refractivity contribution is 9.10. The van der Waals surface area contributed by atoms with Crippen molar-refractivity contribution >= 4 is 39.5 Å². The van der Waals surface area contributed by atoms with Crippen LogP contribution in [0.25, 0.3) is 0 Å². The molecule has 0 saturated carbocycles. The Bertz CT molecular complexity index is 1120. The molecule has 7 nitrogen and oxygen atoms in total. The second-order valence-electron chi connectivity index (χ2n) is 6.35. The number of benzene rings is 2. The number of fused-ring (bicyclic) bond motifs is 1. The molecule has 0 atom stereocenters. The Labute approximate surface area is 169 Å². The van der Waals surface area contributed by atoms with Crippen LogP contribution in [0.15, 0.2) is 59.2 Å². The van der Waals surface area contributed by atoms with Crippen LogP contribution in [0, 0.1) is 0 Å². The van der Waals surface area contributed by atoms with Crippen molar-refractivity contribution in [3.63, 3.8) is 0 Å². The molecule has 3 amide bonds. The van der Waals surface area contributed by atoms with E-state index in [1.807, 2.05) is 24.3 Å². The molecule has 1 aliphatic heterocycles. The van der Waals surface area contributed by atoms with Gasteiger partial charge in [-0.3, -0.25) is 19.3 Å². The number of rotatable bonds is 4. The fourth-order valence-electron chi connectivity index (χ4n) is 3.04. The topological polar surface area (TPSA) is 84.3 Å². The summed E-state index contributed by atoms with van der Waals surface area (Å²) in [5.74, 6) is -0.626. The van der Waals surface area contributed by atoms with Crippen molar-refractivity contribution in [2.75, 3.05) is 12.4 Å². The van der Waals surface area contributed by atoms with Crippen molar-refractivity contribution in [2.45, 2.75) is 6.54 Å². The Kier molecular flexibility index (Phi) is 4.56. The molecule has 0 aliphatic carbocycles. The number of halogens is 1. The predicted octanol–water partition coefficient (Wildman–Crippen LogP) is 3.17. The summed E-state index contributed by atoms with van der Waals surface area (Å²) in [6.45, 7) is 0.478. The third-order valence-corrected chi connectivity index (χ3v) is 5.36. The van der Waals surface area contributed by atoms with Gasteiger partial charge in [0.05, 0.1) is 23.9 Å². The Balaban J connectivity index is 1.56. The van der Waals surface area contributed by atoms with Crippen LogP contribution < -0.4 is 5.32 Å². The van der Waals surface area contributed by atoms with E-state index < -0.39 is 5.91 Å². The summed E-state index contributed by atoms with van der Waals surface area (Å²) in [6, 6.07) is 14.0. The number of anilines is 1. The average Bonchev–Trinajstić information content (AvgIpc) is 3.21. The van der Waals surface area contributed by atoms with E-state index >= 15 is 0 Å². The number of carbonyl (C=O) groups is 3. The van der Waals surface area contributed by atoms with Gasteiger partial charge in [-0.25, -0.2) is 4.68 Å². The summed E-state index contributed by atoms with van der Waals surface area (Å²) in [4.78, 5) is 37.8. The lowest BCUT2D eigenvalue weighted by Gasteiger charge is -2.10. The van der Waals surface area contributed by atoms with Crippen LogP contribution in [0.4, 0.5) is 5.82 Å². The van der Waals surface area contributed by atoms with Gasteiger partial charge in [0.25, 0.3) is 17.7 Å². The van der Waals surface area contributed by atoms with E-state index in [2.05, 4.69) is 26.3 Å². The van der Waals surface area contributed by atoms with Crippen molar-refractivity contribution in [1.82, 2.24) is 14.7 Å². The Morgan fingerprint density at radius 3 is 2.61 bits per heavy atom. The molecule has 0 fully saturated rings. The molecule has 140 valence electrons. The van der Waals surface area contributed by atoms with Gasteiger partial charge in [0.1, 0.15) is 5.82 Å². The summed E-state index contributed by atoms with van der Waals surface area (Å²) in [5.41, 5.74) is 1.86. The zero-order valence-corrected chi connectivity index (χ0v) is 16.4. The molecule has 8 heteroatoms. The molecule has 0 unspecified atom stereocenters. The number of aromatic nitrogens is 2. The molecule has 2 heterocycles. The van der Waals surface area contributed by atoms with Gasteiger partial charge in [0.2, 0.25) is 0 Å². The smallest absolute Gasteiger partial charge is 0.261 e. The molecule has 2 aromatic carbocycles. The molecule has 0 bridgehead atoms. The van der Waals surface area contributed by atoms with Gasteiger partial charge in [-0.1, -0.05) is 34.1 Å². The van der Waals surface area contributed by atoms with Crippen molar-refractivity contribution in [3.05, 3.63) is 81.5 Å². The standard InChI is InChI=1S/C20H15BrN4O3/c1-24-19(27)14-7-6-12(10-15(14)20(24)28)18(26)23-17-8-9-22-25(17)11-13-4-2-3-5-16(13)21/h2-10H,11H2,1H3,(H,23,26). The van der Waals surface area contributed by atoms with Crippen molar-refractivity contribution < 1.29 is 14.4 Å². The van der Waals surface area contributed by atoms with Crippen LogP contribution in [0.2, 0.25) is 0 Å². The number of carbonyl (C=O) groups excluding carboxylic acids is 3. The fourth-order valence-corrected chi connectivity index (χ4v) is 3.45. The maximum absolute atomic E-state index is 12.7. The third-order valence-electron chi connectivity index (χ3n) is 4.59. The molecule has 0 spiro atoms. The minimum Gasteiger partial charge on any atom is -0.307 e. The summed E-state index contributed by atoms with van der Waals surface area (Å²) in [6.07, 6.45) is 1.60. The molecule has 0 saturated heterocycles. The van der Waals surface area contributed by atoms with Crippen LogP contribution in [-0.4, -0.2) is 39.4 Å². The van der Waals surface area contributed by atoms with Gasteiger partial charge in [0.15, 0.2) is 0 Å². The Hall–Kier alpha value is -3.26. The van der Waals surface area contributed by atoms with Crippen LogP contribution in [-0.2, 0) is 6.54 Å². The molecule has 0 radical (unpaired) electrons. The molecule has 1 N–H and O–H groups in total. The maximum atomic E-state index is 12.7. The van der Waals surface area contributed by atoms with E-state index in [1.54, 1.807) is 16.9 Å². The lowest BCUT2D eigenvalue weighted by atomic mass is 10.1. The van der Waals surface area contributed by atoms with Gasteiger partial charge < -0.3 is 5.32 Å². The van der Waals surface area contributed by atoms with Gasteiger partial charge >= 0.3 is 0 Å². The first kappa shape index (κ1) is 18.1. The quantitative estimate of drug-likeness (QED) is 0.633. The van der Waals surface area contributed by atoms with E-state index in [4.69, 9.17) is 0 Å². The van der Waals surface area contributed by atoms with Gasteiger partial charge in [-0.15, -0.1) is 0 Å². The average molecular weight is 439 g/mol. The second kappa shape index (κ2) is 7.05. The monoisotopic (exact) mass is 438 g/mol. The molecule has 4 rings (SSSR count). The van der Waals surface area contributed by atoms with Crippen molar-refractivity contribution in [1.29, 1.82) is 0 Å². The minimum absolute atomic E-state index is 0.238. The molecular weight excluding hydrogens is 424 g/mol. The third kappa shape index (κ3) is 3.11. The Morgan fingerprint density at radius 1 is 1.07 bits per heavy atom. The molecule has 28 heavy (non-hydrogen) atoms. The fraction of sp³-hybridized carbons (Fsp3) is 0.100. The zero-order chi connectivity index (χ0) is 19.8. The summed E-state index contributed by atoms with van der Waals surface area (Å²) < 4.78 is 2.63. The molecule has 1 aromatic heterocycles. The molecular formula is C20H15BrN4O3. The number of hydrogen-bond acceptors (Lipinski definition) is 4. The number of hydrogen-bond donors (Lipinski definition) is 1. The van der Waals surface area contributed by atoms with Crippen LogP contribution in [0.1, 0.15) is 36.6 Å². The highest BCUT2D eigenvalue weighted by Crippen LogP contribution is 2.23. The highest BCUT2D eigenvalue weighted by Gasteiger charge is 2.33. The number of nitrogens with zero attached hydrogens (tertiary/aromatic N) is 3. The first-order valence-electron chi connectivity index (χ1n) is 8.48. The second-order valence-corrected chi connectivity index (χ2v) is 7.20. The first-order chi connectivity index (χ1) is 13.5. The lowest BCUT2D eigenvalue weighted by Crippen LogP contribution is -2.24. The first-order valence-corrected chi connectivity index (χ1v) is 9.28. The maximum Gasteiger partial charge on any atom is 0.261 e. The van der Waals surface area contributed by atoms with Gasteiger partial charge in [-0.2, -0.15) is 5.10 Å². The van der Waals surface area contributed by atoms with E-state index in [1.165, 1.54) is 25.2 Å². The zero-order valence-electron chi connectivity index (χ0n) is 14.8. The minimum atomic E-state index is -0.409. The predicted molar refractivity (Wildman–Crippen MR) is 106 cm³/mol. The van der Waals surface area contributed by atoms with Gasteiger partial charge in [-0.05, 0) is 29.8 Å². The van der Waals surface area contributed by atoms with E-state index in [0.29, 0.717) is 23.5 Å². The largest absolute Gasteiger partial charge is 0.307 e. The van der Waals surface area contributed by atoms with Crippen LogP contribution >= 0.6 is 15.9 Å². The van der Waals surface area contributed by atoms with Gasteiger partial charge in [0, 0.05) is 23.2 Å². The number of amides is 3. The van der Waals surface area contributed by atoms with E-state index in [9.17, 15) is 14.4 Å². The van der Waals surface area contributed by atoms with Crippen molar-refractivity contribution in [3.8, 4) is 0 Å². The number of imide groups is 1. The summed E-state index contributed by atoms with van der Waals surface area (Å²) in [5, 5.41) is 7.08. The molecule has 1 aliphatic rings. The Morgan fingerprint density at radius 2 is 1.82 bits per heavy atom. The summed E-state index contributed by atoms with van der Waals surface area (Å²) >= 11 is 3.51. The lowest BCUT2D eigenvalue weighted by molar-refractivity contribution is 0.0693. The number of nitrogens with one attached hydrogen (secondary N) is 1. The SMILES string of the molecule is CN1C(=O)c2ccc(C(=O)Nc3ccnn3Cc3ccccc3Br)cc2C1=O. The summed E-state index contributed by atoms with van der Waals surface area (Å²) in [7, 11) is 1.42. The van der Waals surface area contributed by atoms with E-state index in [-0.39, 0.29) is 17.4 Å².